The van der Waals surface area contributed by atoms with Crippen molar-refractivity contribution < 1.29 is 18.3 Å². The molecule has 0 radical (unpaired) electrons. The van der Waals surface area contributed by atoms with Gasteiger partial charge in [0.15, 0.2) is 0 Å². The summed E-state index contributed by atoms with van der Waals surface area (Å²) in [6, 6.07) is 2.36. The summed E-state index contributed by atoms with van der Waals surface area (Å²) in [5.41, 5.74) is -0.448. The maximum atomic E-state index is 12.5. The van der Waals surface area contributed by atoms with Gasteiger partial charge >= 0.3 is 5.97 Å². The average molecular weight is 350 g/mol. The molecule has 1 aromatic rings. The summed E-state index contributed by atoms with van der Waals surface area (Å²) >= 11 is 11.7. The summed E-state index contributed by atoms with van der Waals surface area (Å²) < 4.78 is 26.1. The molecule has 0 aliphatic carbocycles. The lowest BCUT2D eigenvalue weighted by Crippen LogP contribution is -2.31. The summed E-state index contributed by atoms with van der Waals surface area (Å²) in [5, 5.41) is 8.52. The molecule has 5 nitrogen and oxygen atoms in total. The maximum absolute atomic E-state index is 12.5. The van der Waals surface area contributed by atoms with E-state index in [0.717, 1.165) is 4.31 Å². The summed E-state index contributed by atoms with van der Waals surface area (Å²) in [6.45, 7) is 7.04. The number of carbonyl (C=O) groups is 1. The summed E-state index contributed by atoms with van der Waals surface area (Å²) in [7, 11) is -3.99. The van der Waals surface area contributed by atoms with E-state index in [1.54, 1.807) is 0 Å². The smallest absolute Gasteiger partial charge is 0.338 e. The molecule has 8 heteroatoms. The molecule has 0 saturated heterocycles. The molecule has 0 atom stereocenters. The van der Waals surface area contributed by atoms with Gasteiger partial charge in [0.1, 0.15) is 4.90 Å². The quantitative estimate of drug-likeness (QED) is 0.767. The predicted molar refractivity (Wildman–Crippen MR) is 82.6 cm³/mol. The van der Waals surface area contributed by atoms with Crippen molar-refractivity contribution in [1.82, 2.24) is 4.31 Å². The Morgan fingerprint density at radius 1 is 1.24 bits per heavy atom. The van der Waals surface area contributed by atoms with Crippen molar-refractivity contribution >= 4 is 39.2 Å². The van der Waals surface area contributed by atoms with E-state index in [9.17, 15) is 13.2 Å². The number of rotatable bonds is 7. The minimum Gasteiger partial charge on any atom is -0.478 e. The molecule has 0 unspecified atom stereocenters. The van der Waals surface area contributed by atoms with Gasteiger partial charge in [-0.25, -0.2) is 13.2 Å². The number of hydrogen-bond donors (Lipinski definition) is 1. The number of hydrogen-bond acceptors (Lipinski definition) is 3. The SMILES string of the molecule is C=CCN(CC=C)S(=O)(=O)c1ccc(Cl)c(C(=O)O)c1Cl. The molecule has 0 fully saturated rings. The van der Waals surface area contributed by atoms with Crippen LogP contribution in [0.1, 0.15) is 10.4 Å². The molecule has 0 bridgehead atoms. The molecule has 21 heavy (non-hydrogen) atoms. The largest absolute Gasteiger partial charge is 0.478 e. The highest BCUT2D eigenvalue weighted by Gasteiger charge is 2.28. The van der Waals surface area contributed by atoms with Crippen LogP contribution in [0.2, 0.25) is 10.0 Å². The molecule has 0 heterocycles. The highest BCUT2D eigenvalue weighted by atomic mass is 35.5. The van der Waals surface area contributed by atoms with E-state index in [4.69, 9.17) is 28.3 Å². The van der Waals surface area contributed by atoms with Crippen LogP contribution < -0.4 is 0 Å². The Morgan fingerprint density at radius 2 is 1.76 bits per heavy atom. The minimum absolute atomic E-state index is 0.0374. The van der Waals surface area contributed by atoms with Crippen LogP contribution in [0.5, 0.6) is 0 Å². The Kier molecular flexibility index (Phi) is 5.98. The van der Waals surface area contributed by atoms with Crippen LogP contribution in [0, 0.1) is 0 Å². The van der Waals surface area contributed by atoms with Crippen molar-refractivity contribution in [1.29, 1.82) is 0 Å². The molecule has 0 aliphatic heterocycles. The van der Waals surface area contributed by atoms with Gasteiger partial charge in [0.05, 0.1) is 15.6 Å². The topological polar surface area (TPSA) is 74.7 Å². The van der Waals surface area contributed by atoms with E-state index >= 15 is 0 Å². The van der Waals surface area contributed by atoms with E-state index in [1.165, 1.54) is 24.3 Å². The van der Waals surface area contributed by atoms with Crippen LogP contribution in [0.15, 0.2) is 42.3 Å². The van der Waals surface area contributed by atoms with Gasteiger partial charge in [0, 0.05) is 13.1 Å². The van der Waals surface area contributed by atoms with Crippen molar-refractivity contribution in [3.8, 4) is 0 Å². The van der Waals surface area contributed by atoms with Gasteiger partial charge in [-0.2, -0.15) is 4.31 Å². The molecule has 0 aliphatic rings. The molecule has 1 N–H and O–H groups in total. The first-order valence-corrected chi connectivity index (χ1v) is 7.90. The standard InChI is InChI=1S/C13H13Cl2NO4S/c1-3-7-16(8-4-2)21(19,20)10-6-5-9(14)11(12(10)15)13(17)18/h3-6H,1-2,7-8H2,(H,17,18). The second-order valence-electron chi connectivity index (χ2n) is 3.94. The highest BCUT2D eigenvalue weighted by molar-refractivity contribution is 7.89. The first-order chi connectivity index (χ1) is 9.77. The lowest BCUT2D eigenvalue weighted by Gasteiger charge is -2.20. The Labute approximate surface area is 133 Å². The maximum Gasteiger partial charge on any atom is 0.338 e. The summed E-state index contributed by atoms with van der Waals surface area (Å²) in [6.07, 6.45) is 2.81. The van der Waals surface area contributed by atoms with Crippen molar-refractivity contribution in [3.63, 3.8) is 0 Å². The molecule has 1 aromatic carbocycles. The van der Waals surface area contributed by atoms with E-state index in [2.05, 4.69) is 13.2 Å². The number of carboxylic acids is 1. The van der Waals surface area contributed by atoms with E-state index in [1.807, 2.05) is 0 Å². The first-order valence-electron chi connectivity index (χ1n) is 5.70. The monoisotopic (exact) mass is 349 g/mol. The van der Waals surface area contributed by atoms with Crippen LogP contribution in [-0.2, 0) is 10.0 Å². The van der Waals surface area contributed by atoms with Gasteiger partial charge in [-0.3, -0.25) is 0 Å². The van der Waals surface area contributed by atoms with Crippen molar-refractivity contribution in [2.24, 2.45) is 0 Å². The first kappa shape index (κ1) is 17.7. The third kappa shape index (κ3) is 3.65. The second-order valence-corrected chi connectivity index (χ2v) is 6.63. The van der Waals surface area contributed by atoms with Gasteiger partial charge in [-0.1, -0.05) is 35.4 Å². The lowest BCUT2D eigenvalue weighted by molar-refractivity contribution is 0.0697. The van der Waals surface area contributed by atoms with Crippen LogP contribution >= 0.6 is 23.2 Å². The predicted octanol–water partition coefficient (Wildman–Crippen LogP) is 3.05. The molecule has 1 rings (SSSR count). The van der Waals surface area contributed by atoms with E-state index in [-0.39, 0.29) is 23.0 Å². The zero-order chi connectivity index (χ0) is 16.2. The van der Waals surface area contributed by atoms with E-state index in [0.29, 0.717) is 0 Å². The van der Waals surface area contributed by atoms with Crippen molar-refractivity contribution in [3.05, 3.63) is 53.1 Å². The number of halogens is 2. The van der Waals surface area contributed by atoms with E-state index < -0.39 is 26.6 Å². The normalized spacial score (nSPS) is 11.4. The fourth-order valence-corrected chi connectivity index (χ4v) is 3.90. The Hall–Kier alpha value is -1.34. The van der Waals surface area contributed by atoms with Crippen LogP contribution in [0.25, 0.3) is 0 Å². The molecule has 0 amide bonds. The molecule has 0 aromatic heterocycles. The van der Waals surface area contributed by atoms with Crippen LogP contribution in [0.3, 0.4) is 0 Å². The highest BCUT2D eigenvalue weighted by Crippen LogP contribution is 2.32. The molecule has 0 spiro atoms. The average Bonchev–Trinajstić information content (AvgIpc) is 2.37. The molecule has 0 saturated carbocycles. The minimum atomic E-state index is -3.99. The molecule has 114 valence electrons. The van der Waals surface area contributed by atoms with Crippen molar-refractivity contribution in [2.75, 3.05) is 13.1 Å². The van der Waals surface area contributed by atoms with Gasteiger partial charge in [0.25, 0.3) is 0 Å². The Morgan fingerprint density at radius 3 is 2.19 bits per heavy atom. The number of nitrogens with zero attached hydrogens (tertiary/aromatic N) is 1. The third-order valence-corrected chi connectivity index (χ3v) is 5.25. The molecular formula is C13H13Cl2NO4S. The Balaban J connectivity index is 3.51. The van der Waals surface area contributed by atoms with Crippen LogP contribution in [0.4, 0.5) is 0 Å². The number of aromatic carboxylic acids is 1. The fraction of sp³-hybridized carbons (Fsp3) is 0.154. The number of benzene rings is 1. The Bertz CT molecular complexity index is 676. The van der Waals surface area contributed by atoms with Crippen LogP contribution in [-0.4, -0.2) is 36.9 Å². The number of sulfonamides is 1. The van der Waals surface area contributed by atoms with Gasteiger partial charge < -0.3 is 5.11 Å². The number of carboxylic acid groups (broad SMARTS) is 1. The molecular weight excluding hydrogens is 337 g/mol. The zero-order valence-corrected chi connectivity index (χ0v) is 13.2. The summed E-state index contributed by atoms with van der Waals surface area (Å²) in [4.78, 5) is 10.8. The van der Waals surface area contributed by atoms with Gasteiger partial charge in [0.2, 0.25) is 10.0 Å². The van der Waals surface area contributed by atoms with Gasteiger partial charge in [-0.15, -0.1) is 13.2 Å². The van der Waals surface area contributed by atoms with Crippen molar-refractivity contribution in [2.45, 2.75) is 4.90 Å². The second kappa shape index (κ2) is 7.09. The third-order valence-electron chi connectivity index (χ3n) is 2.55. The summed E-state index contributed by atoms with van der Waals surface area (Å²) in [5.74, 6) is -1.40. The lowest BCUT2D eigenvalue weighted by atomic mass is 10.2. The van der Waals surface area contributed by atoms with Gasteiger partial charge in [-0.05, 0) is 12.1 Å². The fourth-order valence-electron chi connectivity index (χ4n) is 1.63. The zero-order valence-electron chi connectivity index (χ0n) is 10.9.